The Balaban J connectivity index is 1.67. The standard InChI is InChI=1S/C16H22N4O2S/c1-2-3-9-20-15(21)18-19-16(20)23-13-6-10-22-14(11-13)12-4-7-17-8-5-12/h4-5,7-8,13-14H,2-3,6,9-11H2,1H3,(H,18,21)/t13-,14+/m0/s1. The summed E-state index contributed by atoms with van der Waals surface area (Å²) < 4.78 is 7.65. The Morgan fingerprint density at radius 2 is 2.26 bits per heavy atom. The van der Waals surface area contributed by atoms with E-state index in [1.165, 1.54) is 0 Å². The lowest BCUT2D eigenvalue weighted by Crippen LogP contribution is -2.23. The molecule has 1 fully saturated rings. The minimum Gasteiger partial charge on any atom is -0.373 e. The monoisotopic (exact) mass is 334 g/mol. The number of ether oxygens (including phenoxy) is 1. The van der Waals surface area contributed by atoms with Gasteiger partial charge in [0.2, 0.25) is 0 Å². The molecule has 0 bridgehead atoms. The fourth-order valence-electron chi connectivity index (χ4n) is 2.74. The highest BCUT2D eigenvalue weighted by Gasteiger charge is 2.26. The summed E-state index contributed by atoms with van der Waals surface area (Å²) in [5.74, 6) is 0. The summed E-state index contributed by atoms with van der Waals surface area (Å²) in [6.07, 6.45) is 7.63. The quantitative estimate of drug-likeness (QED) is 0.879. The van der Waals surface area contributed by atoms with Gasteiger partial charge in [-0.15, -0.1) is 5.10 Å². The van der Waals surface area contributed by atoms with Crippen molar-refractivity contribution >= 4 is 11.8 Å². The van der Waals surface area contributed by atoms with Crippen LogP contribution in [0, 0.1) is 0 Å². The van der Waals surface area contributed by atoms with Gasteiger partial charge in [0.05, 0.1) is 6.10 Å². The van der Waals surface area contributed by atoms with E-state index < -0.39 is 0 Å². The maximum absolute atomic E-state index is 11.9. The Morgan fingerprint density at radius 3 is 3.04 bits per heavy atom. The van der Waals surface area contributed by atoms with E-state index >= 15 is 0 Å². The molecule has 3 rings (SSSR count). The average Bonchev–Trinajstić information content (AvgIpc) is 2.94. The SMILES string of the molecule is CCCCn1c(S[C@H]2CCO[C@@H](c3ccncc3)C2)n[nH]c1=O. The van der Waals surface area contributed by atoms with E-state index in [0.717, 1.165) is 49.6 Å². The van der Waals surface area contributed by atoms with Crippen molar-refractivity contribution in [3.63, 3.8) is 0 Å². The molecule has 0 aliphatic carbocycles. The van der Waals surface area contributed by atoms with Gasteiger partial charge in [-0.2, -0.15) is 0 Å². The first-order valence-electron chi connectivity index (χ1n) is 8.11. The van der Waals surface area contributed by atoms with Gasteiger partial charge in [-0.05, 0) is 37.0 Å². The number of hydrogen-bond donors (Lipinski definition) is 1. The van der Waals surface area contributed by atoms with Crippen molar-refractivity contribution in [3.8, 4) is 0 Å². The van der Waals surface area contributed by atoms with Gasteiger partial charge in [-0.25, -0.2) is 9.89 Å². The van der Waals surface area contributed by atoms with Crippen LogP contribution in [0.1, 0.15) is 44.3 Å². The number of unbranched alkanes of at least 4 members (excludes halogenated alkanes) is 1. The zero-order valence-corrected chi connectivity index (χ0v) is 14.1. The number of rotatable bonds is 6. The van der Waals surface area contributed by atoms with Gasteiger partial charge in [-0.1, -0.05) is 25.1 Å². The van der Waals surface area contributed by atoms with Crippen LogP contribution in [-0.2, 0) is 11.3 Å². The first-order chi connectivity index (χ1) is 11.3. The Labute approximate surface area is 139 Å². The summed E-state index contributed by atoms with van der Waals surface area (Å²) in [7, 11) is 0. The third kappa shape index (κ3) is 4.03. The predicted octanol–water partition coefficient (Wildman–Crippen LogP) is 2.78. The van der Waals surface area contributed by atoms with E-state index in [9.17, 15) is 4.79 Å². The first kappa shape index (κ1) is 16.3. The molecule has 0 aromatic carbocycles. The number of pyridine rings is 1. The molecule has 6 nitrogen and oxygen atoms in total. The molecule has 0 unspecified atom stereocenters. The second-order valence-electron chi connectivity index (χ2n) is 5.72. The van der Waals surface area contributed by atoms with Crippen molar-refractivity contribution < 1.29 is 4.74 Å². The molecule has 23 heavy (non-hydrogen) atoms. The van der Waals surface area contributed by atoms with Crippen LogP contribution in [0.15, 0.2) is 34.5 Å². The summed E-state index contributed by atoms with van der Waals surface area (Å²) >= 11 is 1.69. The van der Waals surface area contributed by atoms with Crippen LogP contribution in [0.3, 0.4) is 0 Å². The lowest BCUT2D eigenvalue weighted by Gasteiger charge is -2.29. The molecule has 2 aromatic heterocycles. The van der Waals surface area contributed by atoms with Crippen molar-refractivity contribution in [1.29, 1.82) is 0 Å². The van der Waals surface area contributed by atoms with Gasteiger partial charge >= 0.3 is 5.69 Å². The lowest BCUT2D eigenvalue weighted by atomic mass is 10.0. The van der Waals surface area contributed by atoms with Crippen molar-refractivity contribution in [2.75, 3.05) is 6.61 Å². The largest absolute Gasteiger partial charge is 0.373 e. The van der Waals surface area contributed by atoms with E-state index in [1.807, 2.05) is 12.1 Å². The van der Waals surface area contributed by atoms with Gasteiger partial charge < -0.3 is 4.74 Å². The molecule has 3 heterocycles. The minimum atomic E-state index is -0.112. The Kier molecular flexibility index (Phi) is 5.51. The van der Waals surface area contributed by atoms with Crippen LogP contribution in [0.4, 0.5) is 0 Å². The summed E-state index contributed by atoms with van der Waals surface area (Å²) in [6.45, 7) is 3.58. The highest BCUT2D eigenvalue weighted by Crippen LogP contribution is 2.36. The van der Waals surface area contributed by atoms with E-state index in [0.29, 0.717) is 5.25 Å². The molecule has 1 aliphatic rings. The van der Waals surface area contributed by atoms with Crippen LogP contribution >= 0.6 is 11.8 Å². The Hall–Kier alpha value is -1.60. The molecule has 0 radical (unpaired) electrons. The van der Waals surface area contributed by atoms with Crippen LogP contribution < -0.4 is 5.69 Å². The zero-order chi connectivity index (χ0) is 16.1. The van der Waals surface area contributed by atoms with Crippen LogP contribution in [0.25, 0.3) is 0 Å². The Bertz CT molecular complexity index is 670. The van der Waals surface area contributed by atoms with E-state index in [1.54, 1.807) is 28.7 Å². The molecular weight excluding hydrogens is 312 g/mol. The number of hydrogen-bond acceptors (Lipinski definition) is 5. The van der Waals surface area contributed by atoms with Crippen LogP contribution in [0.2, 0.25) is 0 Å². The van der Waals surface area contributed by atoms with E-state index in [4.69, 9.17) is 4.74 Å². The van der Waals surface area contributed by atoms with Gasteiger partial charge in [-0.3, -0.25) is 9.55 Å². The molecule has 1 aliphatic heterocycles. The summed E-state index contributed by atoms with van der Waals surface area (Å²) in [6, 6.07) is 4.01. The van der Waals surface area contributed by atoms with Gasteiger partial charge in [0.15, 0.2) is 5.16 Å². The van der Waals surface area contributed by atoms with Crippen LogP contribution in [0.5, 0.6) is 0 Å². The fraction of sp³-hybridized carbons (Fsp3) is 0.562. The second kappa shape index (κ2) is 7.79. The van der Waals surface area contributed by atoms with Crippen LogP contribution in [-0.4, -0.2) is 31.6 Å². The molecule has 0 spiro atoms. The molecule has 0 saturated carbocycles. The molecule has 7 heteroatoms. The molecule has 2 atom stereocenters. The van der Waals surface area contributed by atoms with E-state index in [2.05, 4.69) is 22.1 Å². The smallest absolute Gasteiger partial charge is 0.343 e. The predicted molar refractivity (Wildman–Crippen MR) is 89.6 cm³/mol. The normalized spacial score (nSPS) is 21.4. The number of H-pyrrole nitrogens is 1. The highest BCUT2D eigenvalue weighted by molar-refractivity contribution is 7.99. The number of aromatic nitrogens is 4. The summed E-state index contributed by atoms with van der Waals surface area (Å²) in [5.41, 5.74) is 1.05. The minimum absolute atomic E-state index is 0.0963. The highest BCUT2D eigenvalue weighted by atomic mass is 32.2. The second-order valence-corrected chi connectivity index (χ2v) is 6.99. The van der Waals surface area contributed by atoms with E-state index in [-0.39, 0.29) is 11.8 Å². The van der Waals surface area contributed by atoms with Crippen molar-refractivity contribution in [2.45, 2.75) is 55.7 Å². The van der Waals surface area contributed by atoms with Gasteiger partial charge in [0, 0.05) is 30.8 Å². The molecule has 1 saturated heterocycles. The maximum Gasteiger partial charge on any atom is 0.343 e. The molecule has 0 amide bonds. The summed E-state index contributed by atoms with van der Waals surface area (Å²) in [5, 5.41) is 7.97. The maximum atomic E-state index is 11.9. The third-order valence-electron chi connectivity index (χ3n) is 4.04. The van der Waals surface area contributed by atoms with Crippen molar-refractivity contribution in [3.05, 3.63) is 40.6 Å². The first-order valence-corrected chi connectivity index (χ1v) is 8.99. The number of thioether (sulfide) groups is 1. The third-order valence-corrected chi connectivity index (χ3v) is 5.33. The number of aromatic amines is 1. The van der Waals surface area contributed by atoms with Gasteiger partial charge in [0.25, 0.3) is 0 Å². The number of nitrogens with zero attached hydrogens (tertiary/aromatic N) is 3. The van der Waals surface area contributed by atoms with Crippen molar-refractivity contribution in [1.82, 2.24) is 19.7 Å². The Morgan fingerprint density at radius 1 is 1.43 bits per heavy atom. The molecule has 124 valence electrons. The molecular formula is C16H22N4O2S. The molecule has 1 N–H and O–H groups in total. The van der Waals surface area contributed by atoms with Gasteiger partial charge in [0.1, 0.15) is 0 Å². The topological polar surface area (TPSA) is 72.8 Å². The average molecular weight is 334 g/mol. The number of nitrogens with one attached hydrogen (secondary N) is 1. The summed E-state index contributed by atoms with van der Waals surface area (Å²) in [4.78, 5) is 15.9. The van der Waals surface area contributed by atoms with Crippen molar-refractivity contribution in [2.24, 2.45) is 0 Å². The zero-order valence-electron chi connectivity index (χ0n) is 13.3. The fourth-order valence-corrected chi connectivity index (χ4v) is 3.92. The lowest BCUT2D eigenvalue weighted by molar-refractivity contribution is 0.0177. The molecule has 2 aromatic rings.